The van der Waals surface area contributed by atoms with Crippen molar-refractivity contribution in [1.29, 1.82) is 0 Å². The van der Waals surface area contributed by atoms with Crippen molar-refractivity contribution in [3.8, 4) is 0 Å². The summed E-state index contributed by atoms with van der Waals surface area (Å²) in [6.07, 6.45) is 0. The molecule has 0 aromatic carbocycles. The molecule has 0 saturated heterocycles. The van der Waals surface area contributed by atoms with Crippen LogP contribution in [0.4, 0.5) is 0 Å². The zero-order valence-corrected chi connectivity index (χ0v) is 9.45. The Hall–Kier alpha value is -0.120. The number of pyridine rings is 1. The topological polar surface area (TPSA) is 38.9 Å². The summed E-state index contributed by atoms with van der Waals surface area (Å²) < 4.78 is 0.852. The zero-order chi connectivity index (χ0) is 8.43. The van der Waals surface area contributed by atoms with E-state index in [0.717, 1.165) is 10.3 Å². The molecule has 2 N–H and O–H groups in total. The van der Waals surface area contributed by atoms with Gasteiger partial charge in [0.2, 0.25) is 0 Å². The average molecular weight is 252 g/mol. The fourth-order valence-corrected chi connectivity index (χ4v) is 1.45. The molecule has 0 saturated carbocycles. The Bertz CT molecular complexity index is 243. The molecule has 1 heterocycles. The molecule has 0 aliphatic heterocycles. The van der Waals surface area contributed by atoms with Crippen LogP contribution in [0.2, 0.25) is 0 Å². The monoisotopic (exact) mass is 250 g/mol. The predicted molar refractivity (Wildman–Crippen MR) is 56.5 cm³/mol. The number of aryl methyl sites for hydroxylation is 1. The van der Waals surface area contributed by atoms with E-state index >= 15 is 0 Å². The molecule has 12 heavy (non-hydrogen) atoms. The van der Waals surface area contributed by atoms with E-state index in [2.05, 4.69) is 20.9 Å². The number of nitrogens with two attached hydrogens (primary N) is 1. The molecule has 1 aromatic rings. The van der Waals surface area contributed by atoms with Crippen molar-refractivity contribution in [2.24, 2.45) is 5.73 Å². The van der Waals surface area contributed by atoms with Crippen LogP contribution < -0.4 is 5.73 Å². The van der Waals surface area contributed by atoms with E-state index in [-0.39, 0.29) is 18.4 Å². The minimum atomic E-state index is 0. The van der Waals surface area contributed by atoms with Crippen molar-refractivity contribution in [3.63, 3.8) is 0 Å². The number of halogens is 2. The second kappa shape index (κ2) is 4.80. The van der Waals surface area contributed by atoms with Crippen molar-refractivity contribution in [3.05, 3.63) is 28.0 Å². The summed E-state index contributed by atoms with van der Waals surface area (Å²) in [5.41, 5.74) is 7.78. The standard InChI is InChI=1S/C8H11BrN2.ClH/c1-5-3-7(6(2)10)11-8(9)4-5;/h3-4,6H,10H2,1-2H3;1H/t6-;/m1./s1. The predicted octanol–water partition coefficient (Wildman–Crippen LogP) is 2.59. The van der Waals surface area contributed by atoms with Gasteiger partial charge in [-0.15, -0.1) is 12.4 Å². The van der Waals surface area contributed by atoms with Crippen molar-refractivity contribution in [2.75, 3.05) is 0 Å². The molecule has 2 nitrogen and oxygen atoms in total. The molecule has 0 radical (unpaired) electrons. The van der Waals surface area contributed by atoms with Crippen LogP contribution in [-0.2, 0) is 0 Å². The first-order valence-corrected chi connectivity index (χ1v) is 4.28. The molecule has 1 aromatic heterocycles. The van der Waals surface area contributed by atoms with Crippen LogP contribution in [-0.4, -0.2) is 4.98 Å². The van der Waals surface area contributed by atoms with Crippen molar-refractivity contribution in [1.82, 2.24) is 4.98 Å². The first-order chi connectivity index (χ1) is 5.09. The van der Waals surface area contributed by atoms with Gasteiger partial charge in [-0.25, -0.2) is 4.98 Å². The van der Waals surface area contributed by atoms with E-state index in [4.69, 9.17) is 5.73 Å². The summed E-state index contributed by atoms with van der Waals surface area (Å²) in [4.78, 5) is 4.23. The van der Waals surface area contributed by atoms with Crippen LogP contribution in [0.3, 0.4) is 0 Å². The number of nitrogens with zero attached hydrogens (tertiary/aromatic N) is 1. The molecule has 0 amide bonds. The highest BCUT2D eigenvalue weighted by atomic mass is 79.9. The Balaban J connectivity index is 0.00000121. The molecule has 0 spiro atoms. The molecular formula is C8H12BrClN2. The molecule has 0 bridgehead atoms. The quantitative estimate of drug-likeness (QED) is 0.779. The summed E-state index contributed by atoms with van der Waals surface area (Å²) in [6, 6.07) is 3.97. The molecule has 0 aliphatic rings. The average Bonchev–Trinajstić information content (AvgIpc) is 1.85. The fraction of sp³-hybridized carbons (Fsp3) is 0.375. The van der Waals surface area contributed by atoms with Gasteiger partial charge in [-0.3, -0.25) is 0 Å². The second-order valence-electron chi connectivity index (χ2n) is 2.68. The lowest BCUT2D eigenvalue weighted by atomic mass is 10.2. The smallest absolute Gasteiger partial charge is 0.106 e. The van der Waals surface area contributed by atoms with Gasteiger partial charge in [0, 0.05) is 6.04 Å². The Kier molecular flexibility index (Phi) is 4.75. The molecule has 0 aliphatic carbocycles. The summed E-state index contributed by atoms with van der Waals surface area (Å²) in [5, 5.41) is 0. The Labute approximate surface area is 87.1 Å². The van der Waals surface area contributed by atoms with Gasteiger partial charge in [0.25, 0.3) is 0 Å². The van der Waals surface area contributed by atoms with E-state index in [9.17, 15) is 0 Å². The summed E-state index contributed by atoms with van der Waals surface area (Å²) in [5.74, 6) is 0. The van der Waals surface area contributed by atoms with E-state index in [1.54, 1.807) is 0 Å². The van der Waals surface area contributed by atoms with Gasteiger partial charge in [0.05, 0.1) is 5.69 Å². The summed E-state index contributed by atoms with van der Waals surface area (Å²) >= 11 is 3.31. The number of rotatable bonds is 1. The van der Waals surface area contributed by atoms with E-state index < -0.39 is 0 Å². The molecule has 4 heteroatoms. The van der Waals surface area contributed by atoms with Crippen molar-refractivity contribution in [2.45, 2.75) is 19.9 Å². The molecule has 0 fully saturated rings. The highest BCUT2D eigenvalue weighted by molar-refractivity contribution is 9.10. The third-order valence-electron chi connectivity index (χ3n) is 1.42. The normalized spacial score (nSPS) is 12.0. The highest BCUT2D eigenvalue weighted by Crippen LogP contribution is 2.14. The zero-order valence-electron chi connectivity index (χ0n) is 7.04. The molecule has 0 unspecified atom stereocenters. The van der Waals surface area contributed by atoms with Crippen LogP contribution in [0.1, 0.15) is 24.2 Å². The third-order valence-corrected chi connectivity index (χ3v) is 1.83. The van der Waals surface area contributed by atoms with E-state index in [0.29, 0.717) is 0 Å². The van der Waals surface area contributed by atoms with Gasteiger partial charge in [-0.2, -0.15) is 0 Å². The Morgan fingerprint density at radius 2 is 2.08 bits per heavy atom. The van der Waals surface area contributed by atoms with Crippen LogP contribution in [0.15, 0.2) is 16.7 Å². The van der Waals surface area contributed by atoms with E-state index in [1.165, 1.54) is 5.56 Å². The fourth-order valence-electron chi connectivity index (χ4n) is 0.884. The largest absolute Gasteiger partial charge is 0.323 e. The van der Waals surface area contributed by atoms with Gasteiger partial charge in [0.1, 0.15) is 4.60 Å². The van der Waals surface area contributed by atoms with Gasteiger partial charge in [-0.1, -0.05) is 0 Å². The number of hydrogen-bond acceptors (Lipinski definition) is 2. The van der Waals surface area contributed by atoms with Gasteiger partial charge < -0.3 is 5.73 Å². The van der Waals surface area contributed by atoms with Crippen LogP contribution in [0, 0.1) is 6.92 Å². The third kappa shape index (κ3) is 3.09. The lowest BCUT2D eigenvalue weighted by Crippen LogP contribution is -2.07. The number of hydrogen-bond donors (Lipinski definition) is 1. The van der Waals surface area contributed by atoms with Gasteiger partial charge in [-0.05, 0) is 47.5 Å². The maximum atomic E-state index is 5.67. The molecule has 1 rings (SSSR count). The minimum Gasteiger partial charge on any atom is -0.323 e. The maximum Gasteiger partial charge on any atom is 0.106 e. The summed E-state index contributed by atoms with van der Waals surface area (Å²) in [6.45, 7) is 3.95. The molecule has 1 atom stereocenters. The Morgan fingerprint density at radius 3 is 2.50 bits per heavy atom. The van der Waals surface area contributed by atoms with Crippen LogP contribution in [0.25, 0.3) is 0 Å². The SMILES string of the molecule is Cc1cc(Br)nc([C@@H](C)N)c1.Cl. The number of aromatic nitrogens is 1. The maximum absolute atomic E-state index is 5.67. The Morgan fingerprint density at radius 1 is 1.50 bits per heavy atom. The molecular weight excluding hydrogens is 239 g/mol. The summed E-state index contributed by atoms with van der Waals surface area (Å²) in [7, 11) is 0. The van der Waals surface area contributed by atoms with Crippen molar-refractivity contribution >= 4 is 28.3 Å². The lowest BCUT2D eigenvalue weighted by molar-refractivity contribution is 0.776. The lowest BCUT2D eigenvalue weighted by Gasteiger charge is -2.05. The highest BCUT2D eigenvalue weighted by Gasteiger charge is 2.01. The second-order valence-corrected chi connectivity index (χ2v) is 3.49. The van der Waals surface area contributed by atoms with Crippen LogP contribution in [0.5, 0.6) is 0 Å². The first kappa shape index (κ1) is 11.9. The van der Waals surface area contributed by atoms with Crippen LogP contribution >= 0.6 is 28.3 Å². The van der Waals surface area contributed by atoms with Gasteiger partial charge >= 0.3 is 0 Å². The first-order valence-electron chi connectivity index (χ1n) is 3.49. The van der Waals surface area contributed by atoms with Crippen molar-refractivity contribution < 1.29 is 0 Å². The van der Waals surface area contributed by atoms with E-state index in [1.807, 2.05) is 26.0 Å². The molecule has 68 valence electrons. The minimum absolute atomic E-state index is 0. The van der Waals surface area contributed by atoms with Gasteiger partial charge in [0.15, 0.2) is 0 Å².